The topological polar surface area (TPSA) is 26.0 Å². The van der Waals surface area contributed by atoms with Crippen LogP contribution in [0.1, 0.15) is 39.0 Å². The van der Waals surface area contributed by atoms with E-state index in [1.54, 1.807) is 6.42 Å². The summed E-state index contributed by atoms with van der Waals surface area (Å²) in [6, 6.07) is 0.455. The lowest BCUT2D eigenvalue weighted by molar-refractivity contribution is 0.0663. The highest BCUT2D eigenvalue weighted by Gasteiger charge is 2.50. The molecule has 3 aliphatic carbocycles. The monoisotopic (exact) mass is 179 g/mol. The lowest BCUT2D eigenvalue weighted by atomic mass is 9.62. The predicted molar refractivity (Wildman–Crippen MR) is 54.2 cm³/mol. The molecule has 3 bridgehead atoms. The standard InChI is InChI=1S/C12H21N/c1-7(13)12-10-3-2-9-4-8(5-10)6-11(9)12/h7-12H,2-6,13H2,1H3/t7?,8-,9?,10-,11?,12?/m1/s1. The molecule has 3 rings (SSSR count). The van der Waals surface area contributed by atoms with Crippen molar-refractivity contribution in [2.45, 2.75) is 45.1 Å². The predicted octanol–water partition coefficient (Wildman–Crippen LogP) is 2.41. The van der Waals surface area contributed by atoms with E-state index in [9.17, 15) is 0 Å². The van der Waals surface area contributed by atoms with Crippen molar-refractivity contribution in [3.05, 3.63) is 0 Å². The number of rotatable bonds is 1. The van der Waals surface area contributed by atoms with Gasteiger partial charge in [0.15, 0.2) is 0 Å². The van der Waals surface area contributed by atoms with Gasteiger partial charge in [0.25, 0.3) is 0 Å². The Morgan fingerprint density at radius 2 is 1.77 bits per heavy atom. The SMILES string of the molecule is CC(N)C1C2C[C@@H]3CC2CC[C@@H]1C3. The van der Waals surface area contributed by atoms with Crippen LogP contribution < -0.4 is 5.73 Å². The van der Waals surface area contributed by atoms with Gasteiger partial charge in [0.2, 0.25) is 0 Å². The van der Waals surface area contributed by atoms with Crippen LogP contribution in [0.4, 0.5) is 0 Å². The second-order valence-corrected chi connectivity index (χ2v) is 5.77. The van der Waals surface area contributed by atoms with E-state index in [4.69, 9.17) is 5.73 Å². The van der Waals surface area contributed by atoms with E-state index >= 15 is 0 Å². The molecule has 1 heteroatoms. The molecule has 74 valence electrons. The van der Waals surface area contributed by atoms with Gasteiger partial charge in [-0.3, -0.25) is 0 Å². The molecule has 13 heavy (non-hydrogen) atoms. The molecular weight excluding hydrogens is 158 g/mol. The second-order valence-electron chi connectivity index (χ2n) is 5.77. The Labute approximate surface area is 81.1 Å². The van der Waals surface area contributed by atoms with E-state index in [0.717, 1.165) is 29.6 Å². The number of hydrogen-bond acceptors (Lipinski definition) is 1. The van der Waals surface area contributed by atoms with Crippen LogP contribution in [0.15, 0.2) is 0 Å². The third-order valence-corrected chi connectivity index (χ3v) is 5.04. The van der Waals surface area contributed by atoms with E-state index < -0.39 is 0 Å². The molecule has 0 radical (unpaired) electrons. The third kappa shape index (κ3) is 1.09. The molecule has 0 heterocycles. The Morgan fingerprint density at radius 1 is 1.08 bits per heavy atom. The molecule has 3 aliphatic rings. The van der Waals surface area contributed by atoms with Crippen molar-refractivity contribution in [2.75, 3.05) is 0 Å². The van der Waals surface area contributed by atoms with Crippen molar-refractivity contribution < 1.29 is 0 Å². The van der Waals surface area contributed by atoms with Gasteiger partial charge < -0.3 is 5.73 Å². The highest BCUT2D eigenvalue weighted by atomic mass is 14.7. The normalized spacial score (nSPS) is 55.4. The molecule has 6 atom stereocenters. The van der Waals surface area contributed by atoms with Crippen molar-refractivity contribution in [1.29, 1.82) is 0 Å². The number of fused-ring (bicyclic) bond motifs is 2. The zero-order valence-corrected chi connectivity index (χ0v) is 8.58. The van der Waals surface area contributed by atoms with E-state index in [1.165, 1.54) is 25.7 Å². The van der Waals surface area contributed by atoms with E-state index in [-0.39, 0.29) is 0 Å². The van der Waals surface area contributed by atoms with Gasteiger partial charge in [-0.2, -0.15) is 0 Å². The summed E-state index contributed by atoms with van der Waals surface area (Å²) in [5.41, 5.74) is 6.14. The first-order valence-corrected chi connectivity index (χ1v) is 6.01. The van der Waals surface area contributed by atoms with Crippen LogP contribution in [0.3, 0.4) is 0 Å². The van der Waals surface area contributed by atoms with Gasteiger partial charge >= 0.3 is 0 Å². The van der Waals surface area contributed by atoms with Gasteiger partial charge in [0, 0.05) is 6.04 Å². The third-order valence-electron chi connectivity index (χ3n) is 5.04. The summed E-state index contributed by atoms with van der Waals surface area (Å²) in [4.78, 5) is 0. The molecule has 0 aromatic carbocycles. The fourth-order valence-electron chi connectivity index (χ4n) is 4.76. The average Bonchev–Trinajstić information content (AvgIpc) is 2.27. The van der Waals surface area contributed by atoms with E-state index in [2.05, 4.69) is 6.92 Å². The molecular formula is C12H21N. The lowest BCUT2D eigenvalue weighted by Gasteiger charge is -2.44. The van der Waals surface area contributed by atoms with Crippen molar-refractivity contribution in [2.24, 2.45) is 35.3 Å². The molecule has 4 unspecified atom stereocenters. The van der Waals surface area contributed by atoms with Crippen molar-refractivity contribution >= 4 is 0 Å². The van der Waals surface area contributed by atoms with E-state index in [0.29, 0.717) is 6.04 Å². The van der Waals surface area contributed by atoms with Crippen molar-refractivity contribution in [3.63, 3.8) is 0 Å². The zero-order valence-electron chi connectivity index (χ0n) is 8.58. The summed E-state index contributed by atoms with van der Waals surface area (Å²) in [6.07, 6.45) is 7.59. The Morgan fingerprint density at radius 3 is 2.54 bits per heavy atom. The summed E-state index contributed by atoms with van der Waals surface area (Å²) in [5, 5.41) is 0. The van der Waals surface area contributed by atoms with Crippen LogP contribution in [0.2, 0.25) is 0 Å². The van der Waals surface area contributed by atoms with Crippen LogP contribution in [0, 0.1) is 29.6 Å². The Hall–Kier alpha value is -0.0400. The smallest absolute Gasteiger partial charge is 0.00441 e. The first kappa shape index (κ1) is 8.28. The van der Waals surface area contributed by atoms with Crippen LogP contribution in [-0.4, -0.2) is 6.04 Å². The molecule has 2 N–H and O–H groups in total. The molecule has 0 saturated heterocycles. The van der Waals surface area contributed by atoms with Crippen molar-refractivity contribution in [3.8, 4) is 0 Å². The van der Waals surface area contributed by atoms with Crippen LogP contribution in [-0.2, 0) is 0 Å². The van der Waals surface area contributed by atoms with E-state index in [1.807, 2.05) is 0 Å². The maximum atomic E-state index is 6.14. The molecule has 0 aliphatic heterocycles. The number of hydrogen-bond donors (Lipinski definition) is 1. The highest BCUT2D eigenvalue weighted by Crippen LogP contribution is 2.58. The summed E-state index contributed by atoms with van der Waals surface area (Å²) in [5.74, 6) is 5.08. The average molecular weight is 179 g/mol. The fraction of sp³-hybridized carbons (Fsp3) is 1.00. The first-order valence-electron chi connectivity index (χ1n) is 6.01. The Bertz CT molecular complexity index is 211. The second kappa shape index (κ2) is 2.73. The maximum Gasteiger partial charge on any atom is 0.00441 e. The summed E-state index contributed by atoms with van der Waals surface area (Å²) >= 11 is 0. The van der Waals surface area contributed by atoms with Gasteiger partial charge in [0.05, 0.1) is 0 Å². The molecule has 3 fully saturated rings. The van der Waals surface area contributed by atoms with Crippen LogP contribution in [0.25, 0.3) is 0 Å². The largest absolute Gasteiger partial charge is 0.328 e. The lowest BCUT2D eigenvalue weighted by Crippen LogP contribution is -2.43. The summed E-state index contributed by atoms with van der Waals surface area (Å²) in [7, 11) is 0. The minimum absolute atomic E-state index is 0.455. The van der Waals surface area contributed by atoms with Gasteiger partial charge in [-0.15, -0.1) is 0 Å². The van der Waals surface area contributed by atoms with Crippen LogP contribution >= 0.6 is 0 Å². The molecule has 3 saturated carbocycles. The Kier molecular flexibility index (Phi) is 1.74. The molecule has 1 nitrogen and oxygen atoms in total. The fourth-order valence-corrected chi connectivity index (χ4v) is 4.76. The number of nitrogens with two attached hydrogens (primary N) is 1. The van der Waals surface area contributed by atoms with Gasteiger partial charge in [-0.1, -0.05) is 0 Å². The van der Waals surface area contributed by atoms with Gasteiger partial charge in [-0.05, 0) is 68.6 Å². The first-order chi connectivity index (χ1) is 6.25. The minimum atomic E-state index is 0.455. The molecule has 0 amide bonds. The zero-order chi connectivity index (χ0) is 9.00. The quantitative estimate of drug-likeness (QED) is 0.657. The van der Waals surface area contributed by atoms with Crippen LogP contribution in [0.5, 0.6) is 0 Å². The summed E-state index contributed by atoms with van der Waals surface area (Å²) in [6.45, 7) is 2.23. The Balaban J connectivity index is 1.90. The molecule has 0 spiro atoms. The highest BCUT2D eigenvalue weighted by molar-refractivity contribution is 5.01. The van der Waals surface area contributed by atoms with Gasteiger partial charge in [-0.25, -0.2) is 0 Å². The van der Waals surface area contributed by atoms with Crippen molar-refractivity contribution in [1.82, 2.24) is 0 Å². The minimum Gasteiger partial charge on any atom is -0.328 e. The molecule has 0 aromatic heterocycles. The van der Waals surface area contributed by atoms with Gasteiger partial charge in [0.1, 0.15) is 0 Å². The molecule has 0 aromatic rings. The maximum absolute atomic E-state index is 6.14. The summed E-state index contributed by atoms with van der Waals surface area (Å²) < 4.78 is 0.